The highest BCUT2D eigenvalue weighted by Gasteiger charge is 2.45. The van der Waals surface area contributed by atoms with E-state index in [0.717, 1.165) is 32.1 Å². The van der Waals surface area contributed by atoms with Crippen LogP contribution < -0.4 is 10.6 Å². The number of carbonyl (C=O) groups is 3. The molecule has 35 heavy (non-hydrogen) atoms. The van der Waals surface area contributed by atoms with Crippen molar-refractivity contribution >= 4 is 17.9 Å². The van der Waals surface area contributed by atoms with Crippen LogP contribution in [0.2, 0.25) is 0 Å². The van der Waals surface area contributed by atoms with E-state index in [2.05, 4.69) is 10.6 Å². The molecule has 10 heteroatoms. The van der Waals surface area contributed by atoms with Crippen LogP contribution in [0.5, 0.6) is 0 Å². The van der Waals surface area contributed by atoms with Crippen molar-refractivity contribution in [3.63, 3.8) is 0 Å². The Balaban J connectivity index is 1.75. The van der Waals surface area contributed by atoms with Crippen LogP contribution in [-0.4, -0.2) is 83.6 Å². The Labute approximate surface area is 206 Å². The van der Waals surface area contributed by atoms with E-state index in [1.807, 2.05) is 0 Å². The Morgan fingerprint density at radius 3 is 2.66 bits per heavy atom. The molecule has 0 aromatic heterocycles. The number of ether oxygens (including phenoxy) is 2. The van der Waals surface area contributed by atoms with Crippen molar-refractivity contribution in [2.75, 3.05) is 26.9 Å². The van der Waals surface area contributed by atoms with Crippen LogP contribution in [-0.2, 0) is 19.1 Å². The van der Waals surface area contributed by atoms with E-state index in [1.54, 1.807) is 25.2 Å². The minimum absolute atomic E-state index is 0.000253. The van der Waals surface area contributed by atoms with Crippen molar-refractivity contribution in [3.05, 3.63) is 24.0 Å². The number of aliphatic hydroxyl groups excluding tert-OH is 2. The van der Waals surface area contributed by atoms with Gasteiger partial charge in [-0.1, -0.05) is 31.4 Å². The number of nitrogens with zero attached hydrogens (tertiary/aromatic N) is 1. The van der Waals surface area contributed by atoms with Crippen LogP contribution in [0.15, 0.2) is 24.0 Å². The van der Waals surface area contributed by atoms with E-state index in [0.29, 0.717) is 19.4 Å². The van der Waals surface area contributed by atoms with Gasteiger partial charge in [-0.2, -0.15) is 0 Å². The van der Waals surface area contributed by atoms with Crippen molar-refractivity contribution in [3.8, 4) is 0 Å². The average Bonchev–Trinajstić information content (AvgIpc) is 3.26. The van der Waals surface area contributed by atoms with Crippen molar-refractivity contribution < 1.29 is 34.1 Å². The number of hydrogen-bond acceptors (Lipinski definition) is 7. The first-order valence-electron chi connectivity index (χ1n) is 12.5. The highest BCUT2D eigenvalue weighted by Crippen LogP contribution is 2.30. The molecule has 1 aliphatic heterocycles. The molecule has 3 rings (SSSR count). The van der Waals surface area contributed by atoms with Gasteiger partial charge in [-0.25, -0.2) is 9.59 Å². The number of esters is 1. The zero-order chi connectivity index (χ0) is 25.4. The molecule has 1 saturated carbocycles. The molecule has 0 radical (unpaired) electrons. The Hall–Kier alpha value is -2.59. The monoisotopic (exact) mass is 493 g/mol. The highest BCUT2D eigenvalue weighted by atomic mass is 16.5. The van der Waals surface area contributed by atoms with Crippen molar-refractivity contribution in [2.45, 2.75) is 82.0 Å². The van der Waals surface area contributed by atoms with Gasteiger partial charge in [-0.05, 0) is 38.2 Å². The SMILES string of the molecule is COC(=O)[C@@H]1C[C@@H](OCCCO)CN1C(=O)[C@@H](NC(=O)NC1(C)C=CC=C(O)C1)C1CCCCC1. The molecule has 196 valence electrons. The maximum atomic E-state index is 13.8. The predicted molar refractivity (Wildman–Crippen MR) is 128 cm³/mol. The molecule has 2 fully saturated rings. The number of likely N-dealkylation sites (tertiary alicyclic amines) is 1. The molecule has 4 N–H and O–H groups in total. The zero-order valence-corrected chi connectivity index (χ0v) is 20.7. The number of aliphatic hydroxyl groups is 2. The molecule has 2 aliphatic carbocycles. The number of carbonyl (C=O) groups excluding carboxylic acids is 3. The minimum atomic E-state index is -0.793. The van der Waals surface area contributed by atoms with E-state index < -0.39 is 29.6 Å². The van der Waals surface area contributed by atoms with E-state index >= 15 is 0 Å². The molecule has 1 unspecified atom stereocenters. The minimum Gasteiger partial charge on any atom is -0.512 e. The van der Waals surface area contributed by atoms with Crippen LogP contribution in [0.3, 0.4) is 0 Å². The summed E-state index contributed by atoms with van der Waals surface area (Å²) in [6.07, 6.45) is 10.4. The second kappa shape index (κ2) is 12.4. The lowest BCUT2D eigenvalue weighted by atomic mass is 9.83. The van der Waals surface area contributed by atoms with Gasteiger partial charge in [0.05, 0.1) is 24.5 Å². The summed E-state index contributed by atoms with van der Waals surface area (Å²) in [5, 5.41) is 24.7. The largest absolute Gasteiger partial charge is 0.512 e. The first-order valence-corrected chi connectivity index (χ1v) is 12.5. The summed E-state index contributed by atoms with van der Waals surface area (Å²) in [5.41, 5.74) is -0.781. The van der Waals surface area contributed by atoms with Crippen molar-refractivity contribution in [2.24, 2.45) is 5.92 Å². The maximum absolute atomic E-state index is 13.8. The van der Waals surface area contributed by atoms with Gasteiger partial charge in [0.2, 0.25) is 5.91 Å². The molecule has 0 bridgehead atoms. The molecule has 0 spiro atoms. The second-order valence-corrected chi connectivity index (χ2v) is 9.92. The van der Waals surface area contributed by atoms with Crippen LogP contribution in [0.1, 0.15) is 58.3 Å². The van der Waals surface area contributed by atoms with Crippen molar-refractivity contribution in [1.82, 2.24) is 15.5 Å². The lowest BCUT2D eigenvalue weighted by Gasteiger charge is -2.35. The van der Waals surface area contributed by atoms with Gasteiger partial charge in [0.25, 0.3) is 0 Å². The number of urea groups is 1. The third-order valence-electron chi connectivity index (χ3n) is 7.05. The quantitative estimate of drug-likeness (QED) is 0.284. The fourth-order valence-electron chi connectivity index (χ4n) is 5.25. The number of methoxy groups -OCH3 is 1. The lowest BCUT2D eigenvalue weighted by molar-refractivity contribution is -0.152. The van der Waals surface area contributed by atoms with Gasteiger partial charge >= 0.3 is 12.0 Å². The van der Waals surface area contributed by atoms with Gasteiger partial charge in [-0.15, -0.1) is 0 Å². The number of hydrogen-bond donors (Lipinski definition) is 4. The third kappa shape index (κ3) is 7.20. The van der Waals surface area contributed by atoms with E-state index in [-0.39, 0.29) is 43.3 Å². The molecular weight excluding hydrogens is 454 g/mol. The summed E-state index contributed by atoms with van der Waals surface area (Å²) in [6.45, 7) is 2.35. The first kappa shape index (κ1) is 27.0. The third-order valence-corrected chi connectivity index (χ3v) is 7.05. The van der Waals surface area contributed by atoms with E-state index in [4.69, 9.17) is 14.6 Å². The molecule has 10 nitrogen and oxygen atoms in total. The smallest absolute Gasteiger partial charge is 0.328 e. The number of rotatable bonds is 9. The van der Waals surface area contributed by atoms with Gasteiger partial charge in [0, 0.05) is 32.6 Å². The first-order chi connectivity index (χ1) is 16.8. The number of nitrogens with one attached hydrogen (secondary N) is 2. The topological polar surface area (TPSA) is 137 Å². The molecule has 3 amide bonds. The normalized spacial score (nSPS) is 27.7. The van der Waals surface area contributed by atoms with Crippen LogP contribution in [0.25, 0.3) is 0 Å². The number of allylic oxidation sites excluding steroid dienone is 2. The van der Waals surface area contributed by atoms with Gasteiger partial charge in [-0.3, -0.25) is 4.79 Å². The Morgan fingerprint density at radius 2 is 2.00 bits per heavy atom. The van der Waals surface area contributed by atoms with Crippen LogP contribution in [0, 0.1) is 5.92 Å². The van der Waals surface area contributed by atoms with Crippen molar-refractivity contribution in [1.29, 1.82) is 0 Å². The van der Waals surface area contributed by atoms with Gasteiger partial charge < -0.3 is 35.2 Å². The fraction of sp³-hybridized carbons (Fsp3) is 0.720. The molecule has 1 saturated heterocycles. The summed E-state index contributed by atoms with van der Waals surface area (Å²) < 4.78 is 10.7. The standard InChI is InChI=1S/C25H39N3O7/c1-25(11-6-10-18(30)15-25)27-24(33)26-21(17-8-4-3-5-9-17)22(31)28-16-19(35-13-7-12-29)14-20(28)23(32)34-2/h6,10-11,17,19-21,29-30H,3-5,7-9,12-16H2,1-2H3,(H2,26,27,33)/t19-,20+,21+,25?/m1/s1. The second-order valence-electron chi connectivity index (χ2n) is 9.92. The molecule has 4 atom stereocenters. The molecule has 0 aromatic carbocycles. The van der Waals surface area contributed by atoms with E-state index in [9.17, 15) is 19.5 Å². The summed E-state index contributed by atoms with van der Waals surface area (Å²) in [6, 6.07) is -2.08. The predicted octanol–water partition coefficient (Wildman–Crippen LogP) is 1.94. The Kier molecular flexibility index (Phi) is 9.56. The zero-order valence-electron chi connectivity index (χ0n) is 20.7. The fourth-order valence-corrected chi connectivity index (χ4v) is 5.25. The van der Waals surface area contributed by atoms with Gasteiger partial charge in [0.1, 0.15) is 12.1 Å². The highest BCUT2D eigenvalue weighted by molar-refractivity contribution is 5.91. The number of amides is 3. The Morgan fingerprint density at radius 1 is 1.26 bits per heavy atom. The summed E-state index contributed by atoms with van der Waals surface area (Å²) in [7, 11) is 1.29. The van der Waals surface area contributed by atoms with E-state index in [1.165, 1.54) is 12.0 Å². The van der Waals surface area contributed by atoms with Crippen LogP contribution >= 0.6 is 0 Å². The summed E-state index contributed by atoms with van der Waals surface area (Å²) >= 11 is 0. The molecule has 0 aromatic rings. The average molecular weight is 494 g/mol. The van der Waals surface area contributed by atoms with Crippen LogP contribution in [0.4, 0.5) is 4.79 Å². The summed E-state index contributed by atoms with van der Waals surface area (Å²) in [5.74, 6) is -0.707. The molecule has 1 heterocycles. The molecule has 3 aliphatic rings. The summed E-state index contributed by atoms with van der Waals surface area (Å²) in [4.78, 5) is 40.9. The Bertz CT molecular complexity index is 824. The molecular formula is C25H39N3O7. The lowest BCUT2D eigenvalue weighted by Crippen LogP contribution is -2.59. The maximum Gasteiger partial charge on any atom is 0.328 e. The van der Waals surface area contributed by atoms with Gasteiger partial charge in [0.15, 0.2) is 0 Å².